The first kappa shape index (κ1) is 20.9. The molecule has 1 aromatic carbocycles. The Morgan fingerprint density at radius 2 is 2.11 bits per heavy atom. The molecule has 1 unspecified atom stereocenters. The van der Waals surface area contributed by atoms with Gasteiger partial charge >= 0.3 is 5.97 Å². The minimum absolute atomic E-state index is 0.0372. The summed E-state index contributed by atoms with van der Waals surface area (Å²) in [6, 6.07) is 3.90. The third-order valence-corrected chi connectivity index (χ3v) is 5.85. The number of primary sulfonamides is 1. The van der Waals surface area contributed by atoms with E-state index in [-0.39, 0.29) is 22.6 Å². The SMILES string of the molecule is CC(C)C(C(=O)O)N(N)/C=C(\N)COc1ccc2nc(S(N)(=O)=O)sc2c1. The summed E-state index contributed by atoms with van der Waals surface area (Å²) in [5.41, 5.74) is 6.55. The van der Waals surface area contributed by atoms with Crippen molar-refractivity contribution in [2.75, 3.05) is 6.61 Å². The highest BCUT2D eigenvalue weighted by atomic mass is 32.2. The van der Waals surface area contributed by atoms with E-state index in [0.717, 1.165) is 16.3 Å². The number of hydrogen-bond acceptors (Lipinski definition) is 9. The molecule has 0 bridgehead atoms. The van der Waals surface area contributed by atoms with E-state index < -0.39 is 22.0 Å². The first-order valence-electron chi connectivity index (χ1n) is 7.77. The number of aliphatic carboxylic acids is 1. The Morgan fingerprint density at radius 3 is 2.67 bits per heavy atom. The largest absolute Gasteiger partial charge is 0.487 e. The fourth-order valence-corrected chi connectivity index (χ4v) is 4.01. The average molecular weight is 415 g/mol. The standard InChI is InChI=1S/C15H21N5O5S2/c1-8(2)13(14(21)22)20(17)6-9(16)7-25-10-3-4-11-12(5-10)26-15(19-11)27(18,23)24/h3-6,8,13H,7,16-17H2,1-2H3,(H,21,22)(H2,18,23,24)/b9-6-. The highest BCUT2D eigenvalue weighted by Crippen LogP contribution is 2.28. The van der Waals surface area contributed by atoms with Crippen LogP contribution in [0.3, 0.4) is 0 Å². The monoisotopic (exact) mass is 415 g/mol. The summed E-state index contributed by atoms with van der Waals surface area (Å²) in [4.78, 5) is 15.2. The fourth-order valence-electron chi connectivity index (χ4n) is 2.33. The summed E-state index contributed by atoms with van der Waals surface area (Å²) >= 11 is 0.930. The van der Waals surface area contributed by atoms with Crippen molar-refractivity contribution in [3.05, 3.63) is 30.1 Å². The minimum Gasteiger partial charge on any atom is -0.487 e. The van der Waals surface area contributed by atoms with Gasteiger partial charge in [0.2, 0.25) is 4.34 Å². The number of nitrogens with zero attached hydrogens (tertiary/aromatic N) is 2. The second-order valence-corrected chi connectivity index (χ2v) is 8.89. The number of thiazole rings is 1. The molecule has 0 amide bonds. The maximum absolute atomic E-state index is 11.4. The number of fused-ring (bicyclic) bond motifs is 1. The van der Waals surface area contributed by atoms with Crippen molar-refractivity contribution in [2.24, 2.45) is 22.6 Å². The van der Waals surface area contributed by atoms with Gasteiger partial charge in [0.1, 0.15) is 18.4 Å². The van der Waals surface area contributed by atoms with E-state index in [4.69, 9.17) is 21.5 Å². The molecule has 10 nitrogen and oxygen atoms in total. The van der Waals surface area contributed by atoms with Crippen molar-refractivity contribution >= 4 is 37.5 Å². The van der Waals surface area contributed by atoms with Gasteiger partial charge in [-0.15, -0.1) is 11.3 Å². The molecule has 1 aromatic heterocycles. The number of hydrazine groups is 1. The molecule has 0 aliphatic rings. The Labute approximate surface area is 160 Å². The number of rotatable bonds is 8. The number of benzene rings is 1. The average Bonchev–Trinajstić information content (AvgIpc) is 2.95. The molecule has 0 saturated heterocycles. The van der Waals surface area contributed by atoms with Gasteiger partial charge in [-0.1, -0.05) is 13.8 Å². The molecule has 0 saturated carbocycles. The van der Waals surface area contributed by atoms with Gasteiger partial charge in [-0.05, 0) is 24.1 Å². The van der Waals surface area contributed by atoms with E-state index in [1.54, 1.807) is 32.0 Å². The number of hydrogen-bond donors (Lipinski definition) is 4. The van der Waals surface area contributed by atoms with Crippen molar-refractivity contribution in [2.45, 2.75) is 24.2 Å². The van der Waals surface area contributed by atoms with Crippen LogP contribution in [0.4, 0.5) is 0 Å². The number of ether oxygens (including phenoxy) is 1. The van der Waals surface area contributed by atoms with Crippen LogP contribution >= 0.6 is 11.3 Å². The van der Waals surface area contributed by atoms with E-state index in [1.807, 2.05) is 0 Å². The first-order valence-corrected chi connectivity index (χ1v) is 10.1. The van der Waals surface area contributed by atoms with E-state index in [9.17, 15) is 18.3 Å². The van der Waals surface area contributed by atoms with Gasteiger partial charge < -0.3 is 20.6 Å². The Balaban J connectivity index is 2.10. The third-order valence-electron chi connectivity index (χ3n) is 3.51. The zero-order chi connectivity index (χ0) is 20.4. The number of nitrogens with two attached hydrogens (primary N) is 3. The predicted molar refractivity (Wildman–Crippen MR) is 101 cm³/mol. The molecule has 0 aliphatic carbocycles. The van der Waals surface area contributed by atoms with Gasteiger partial charge in [0.25, 0.3) is 10.0 Å². The molecular weight excluding hydrogens is 394 g/mol. The number of carboxylic acid groups (broad SMARTS) is 1. The zero-order valence-electron chi connectivity index (χ0n) is 14.7. The highest BCUT2D eigenvalue weighted by molar-refractivity contribution is 7.91. The highest BCUT2D eigenvalue weighted by Gasteiger charge is 2.25. The summed E-state index contributed by atoms with van der Waals surface area (Å²) in [6.45, 7) is 3.43. The molecule has 2 rings (SSSR count). The lowest BCUT2D eigenvalue weighted by Crippen LogP contribution is -2.46. The quantitative estimate of drug-likeness (QED) is 0.351. The first-order chi connectivity index (χ1) is 12.5. The second-order valence-electron chi connectivity index (χ2n) is 6.12. The number of carboxylic acids is 1. The summed E-state index contributed by atoms with van der Waals surface area (Å²) in [7, 11) is -3.87. The van der Waals surface area contributed by atoms with Crippen LogP contribution in [0.25, 0.3) is 10.2 Å². The smallest absolute Gasteiger partial charge is 0.328 e. The molecule has 0 spiro atoms. The van der Waals surface area contributed by atoms with E-state index in [2.05, 4.69) is 4.98 Å². The lowest BCUT2D eigenvalue weighted by Gasteiger charge is -2.26. The number of sulfonamides is 1. The molecule has 0 aliphatic heterocycles. The van der Waals surface area contributed by atoms with Crippen molar-refractivity contribution < 1.29 is 23.1 Å². The van der Waals surface area contributed by atoms with Crippen molar-refractivity contribution in [1.82, 2.24) is 9.99 Å². The molecule has 27 heavy (non-hydrogen) atoms. The third kappa shape index (κ3) is 5.29. The molecule has 12 heteroatoms. The molecule has 1 atom stereocenters. The minimum atomic E-state index is -3.87. The summed E-state index contributed by atoms with van der Waals surface area (Å²) in [5.74, 6) is 4.93. The van der Waals surface area contributed by atoms with Crippen molar-refractivity contribution in [3.63, 3.8) is 0 Å². The molecular formula is C15H21N5O5S2. The number of carbonyl (C=O) groups is 1. The van der Waals surface area contributed by atoms with E-state index >= 15 is 0 Å². The zero-order valence-corrected chi connectivity index (χ0v) is 16.3. The lowest BCUT2D eigenvalue weighted by atomic mass is 10.0. The Kier molecular flexibility index (Phi) is 6.26. The lowest BCUT2D eigenvalue weighted by molar-refractivity contribution is -0.143. The van der Waals surface area contributed by atoms with Crippen LogP contribution in [0, 0.1) is 5.92 Å². The van der Waals surface area contributed by atoms with Crippen molar-refractivity contribution in [3.8, 4) is 5.75 Å². The molecule has 148 valence electrons. The number of aromatic nitrogens is 1. The maximum atomic E-state index is 11.4. The summed E-state index contributed by atoms with van der Waals surface area (Å²) in [6.07, 6.45) is 1.31. The van der Waals surface area contributed by atoms with Gasteiger partial charge in [-0.2, -0.15) is 0 Å². The van der Waals surface area contributed by atoms with E-state index in [0.29, 0.717) is 16.0 Å². The molecule has 0 fully saturated rings. The van der Waals surface area contributed by atoms with Crippen LogP contribution in [0.1, 0.15) is 13.8 Å². The van der Waals surface area contributed by atoms with Crippen molar-refractivity contribution in [1.29, 1.82) is 0 Å². The van der Waals surface area contributed by atoms with Gasteiger partial charge in [0, 0.05) is 6.20 Å². The fraction of sp³-hybridized carbons (Fsp3) is 0.333. The van der Waals surface area contributed by atoms with Crippen LogP contribution in [-0.2, 0) is 14.8 Å². The topological polar surface area (TPSA) is 175 Å². The van der Waals surface area contributed by atoms with Crippen LogP contribution in [0.15, 0.2) is 34.4 Å². The van der Waals surface area contributed by atoms with E-state index in [1.165, 1.54) is 6.20 Å². The molecule has 1 heterocycles. The summed E-state index contributed by atoms with van der Waals surface area (Å²) < 4.78 is 28.7. The van der Waals surface area contributed by atoms with Gasteiger partial charge in [-0.3, -0.25) is 0 Å². The van der Waals surface area contributed by atoms with Gasteiger partial charge in [0.15, 0.2) is 0 Å². The Hall–Kier alpha value is -2.41. The summed E-state index contributed by atoms with van der Waals surface area (Å²) in [5, 5.41) is 15.3. The van der Waals surface area contributed by atoms with Crippen LogP contribution in [0.5, 0.6) is 5.75 Å². The second kappa shape index (κ2) is 8.08. The van der Waals surface area contributed by atoms with Crippen LogP contribution in [-0.4, -0.2) is 42.1 Å². The maximum Gasteiger partial charge on any atom is 0.328 e. The molecule has 2 aromatic rings. The van der Waals surface area contributed by atoms with Gasteiger partial charge in [0.05, 0.1) is 15.9 Å². The predicted octanol–water partition coefficient (Wildman–Crippen LogP) is 0.408. The normalized spacial score (nSPS) is 13.7. The molecule has 0 radical (unpaired) electrons. The molecule has 7 N–H and O–H groups in total. The Bertz CT molecular complexity index is 970. The Morgan fingerprint density at radius 1 is 1.44 bits per heavy atom. The van der Waals surface area contributed by atoms with Crippen LogP contribution in [0.2, 0.25) is 0 Å². The van der Waals surface area contributed by atoms with Gasteiger partial charge in [-0.25, -0.2) is 29.2 Å². The van der Waals surface area contributed by atoms with Crippen LogP contribution < -0.4 is 21.5 Å².